The van der Waals surface area contributed by atoms with Crippen LogP contribution in [0.4, 0.5) is 5.69 Å². The monoisotopic (exact) mass is 343 g/mol. The summed E-state index contributed by atoms with van der Waals surface area (Å²) in [4.78, 5) is 4.02. The number of hydrogen-bond acceptors (Lipinski definition) is 3. The van der Waals surface area contributed by atoms with Gasteiger partial charge in [0.05, 0.1) is 5.69 Å². The Morgan fingerprint density at radius 2 is 2.00 bits per heavy atom. The molecule has 1 heterocycles. The zero-order chi connectivity index (χ0) is 14.2. The van der Waals surface area contributed by atoms with Crippen LogP contribution in [-0.2, 0) is 17.1 Å². The second-order valence-corrected chi connectivity index (χ2v) is 6.79. The minimum Gasteiger partial charge on any atom is -0.337 e. The molecule has 0 amide bonds. The lowest BCUT2D eigenvalue weighted by atomic mass is 10.2. The van der Waals surface area contributed by atoms with E-state index in [2.05, 4.69) is 25.6 Å². The Labute approximate surface area is 120 Å². The summed E-state index contributed by atoms with van der Waals surface area (Å²) in [5.41, 5.74) is 1.54. The molecule has 0 aliphatic rings. The summed E-state index contributed by atoms with van der Waals surface area (Å²) in [6.45, 7) is 3.69. The maximum Gasteiger partial charge on any atom is 0.280 e. The number of aromatic nitrogens is 2. The van der Waals surface area contributed by atoms with Gasteiger partial charge in [-0.15, -0.1) is 0 Å². The third kappa shape index (κ3) is 2.98. The number of nitrogens with zero attached hydrogens (tertiary/aromatic N) is 2. The van der Waals surface area contributed by atoms with E-state index in [1.165, 1.54) is 6.20 Å². The van der Waals surface area contributed by atoms with E-state index in [9.17, 15) is 8.42 Å². The van der Waals surface area contributed by atoms with E-state index < -0.39 is 10.0 Å². The van der Waals surface area contributed by atoms with E-state index in [0.717, 1.165) is 10.0 Å². The molecule has 0 unspecified atom stereocenters. The SMILES string of the molecule is Cc1ccc(NS(=O)(=O)c2cn(C)c(C)n2)cc1Br. The van der Waals surface area contributed by atoms with Crippen molar-refractivity contribution in [3.63, 3.8) is 0 Å². The van der Waals surface area contributed by atoms with Gasteiger partial charge in [-0.25, -0.2) is 4.98 Å². The van der Waals surface area contributed by atoms with Crippen LogP contribution in [0.1, 0.15) is 11.4 Å². The molecule has 1 N–H and O–H groups in total. The lowest BCUT2D eigenvalue weighted by molar-refractivity contribution is 0.598. The molecular weight excluding hydrogens is 330 g/mol. The summed E-state index contributed by atoms with van der Waals surface area (Å²) >= 11 is 3.37. The smallest absolute Gasteiger partial charge is 0.280 e. The quantitative estimate of drug-likeness (QED) is 0.931. The highest BCUT2D eigenvalue weighted by Crippen LogP contribution is 2.22. The fourth-order valence-corrected chi connectivity index (χ4v) is 2.99. The van der Waals surface area contributed by atoms with Gasteiger partial charge in [-0.05, 0) is 31.5 Å². The van der Waals surface area contributed by atoms with Crippen molar-refractivity contribution >= 4 is 31.6 Å². The van der Waals surface area contributed by atoms with Crippen LogP contribution in [0.15, 0.2) is 33.9 Å². The van der Waals surface area contributed by atoms with E-state index in [4.69, 9.17) is 0 Å². The highest BCUT2D eigenvalue weighted by molar-refractivity contribution is 9.10. The third-order valence-electron chi connectivity index (χ3n) is 2.79. The Bertz CT molecular complexity index is 703. The zero-order valence-electron chi connectivity index (χ0n) is 10.8. The van der Waals surface area contributed by atoms with Crippen LogP contribution in [0.2, 0.25) is 0 Å². The standard InChI is InChI=1S/C12H14BrN3O2S/c1-8-4-5-10(6-11(8)13)15-19(17,18)12-7-16(3)9(2)14-12/h4-7,15H,1-3H3. The van der Waals surface area contributed by atoms with Gasteiger partial charge in [0.25, 0.3) is 10.0 Å². The van der Waals surface area contributed by atoms with Gasteiger partial charge in [0, 0.05) is 17.7 Å². The van der Waals surface area contributed by atoms with Crippen molar-refractivity contribution in [1.29, 1.82) is 0 Å². The number of hydrogen-bond donors (Lipinski definition) is 1. The van der Waals surface area contributed by atoms with Crippen molar-refractivity contribution in [3.05, 3.63) is 40.3 Å². The average molecular weight is 344 g/mol. The molecule has 19 heavy (non-hydrogen) atoms. The first-order valence-corrected chi connectivity index (χ1v) is 7.86. The van der Waals surface area contributed by atoms with Gasteiger partial charge in [0.15, 0.2) is 5.03 Å². The molecule has 7 heteroatoms. The minimum atomic E-state index is -3.65. The van der Waals surface area contributed by atoms with E-state index in [1.807, 2.05) is 13.0 Å². The molecule has 2 aromatic rings. The van der Waals surface area contributed by atoms with Crippen molar-refractivity contribution in [2.75, 3.05) is 4.72 Å². The second kappa shape index (κ2) is 4.97. The number of halogens is 1. The van der Waals surface area contributed by atoms with Gasteiger partial charge < -0.3 is 4.57 Å². The Balaban J connectivity index is 2.33. The van der Waals surface area contributed by atoms with Gasteiger partial charge in [-0.1, -0.05) is 22.0 Å². The number of imidazole rings is 1. The van der Waals surface area contributed by atoms with Gasteiger partial charge >= 0.3 is 0 Å². The predicted octanol–water partition coefficient (Wildman–Crippen LogP) is 2.60. The van der Waals surface area contributed by atoms with Crippen molar-refractivity contribution in [1.82, 2.24) is 9.55 Å². The molecule has 0 saturated heterocycles. The molecule has 0 saturated carbocycles. The minimum absolute atomic E-state index is 0.0178. The lowest BCUT2D eigenvalue weighted by Gasteiger charge is -2.07. The first-order chi connectivity index (χ1) is 8.79. The number of benzene rings is 1. The van der Waals surface area contributed by atoms with Gasteiger partial charge in [0.1, 0.15) is 5.82 Å². The average Bonchev–Trinajstić information content (AvgIpc) is 2.65. The molecule has 0 spiro atoms. The maximum absolute atomic E-state index is 12.2. The van der Waals surface area contributed by atoms with Crippen LogP contribution in [0.3, 0.4) is 0 Å². The summed E-state index contributed by atoms with van der Waals surface area (Å²) in [7, 11) is -1.89. The predicted molar refractivity (Wildman–Crippen MR) is 77.6 cm³/mol. The molecule has 102 valence electrons. The third-order valence-corrected chi connectivity index (χ3v) is 4.89. The van der Waals surface area contributed by atoms with Crippen LogP contribution in [0.5, 0.6) is 0 Å². The highest BCUT2D eigenvalue weighted by Gasteiger charge is 2.18. The van der Waals surface area contributed by atoms with E-state index in [1.54, 1.807) is 30.7 Å². The molecule has 0 radical (unpaired) electrons. The topological polar surface area (TPSA) is 64.0 Å². The Morgan fingerprint density at radius 1 is 1.32 bits per heavy atom. The molecule has 0 aliphatic heterocycles. The number of rotatable bonds is 3. The van der Waals surface area contributed by atoms with Gasteiger partial charge in [-0.3, -0.25) is 4.72 Å². The summed E-state index contributed by atoms with van der Waals surface area (Å²) in [6, 6.07) is 5.28. The fourth-order valence-electron chi connectivity index (χ4n) is 1.52. The second-order valence-electron chi connectivity index (χ2n) is 4.31. The first kappa shape index (κ1) is 14.1. The van der Waals surface area contributed by atoms with Crippen LogP contribution in [-0.4, -0.2) is 18.0 Å². The van der Waals surface area contributed by atoms with Gasteiger partial charge in [0.2, 0.25) is 0 Å². The molecular formula is C12H14BrN3O2S. The highest BCUT2D eigenvalue weighted by atomic mass is 79.9. The van der Waals surface area contributed by atoms with Crippen LogP contribution < -0.4 is 4.72 Å². The largest absolute Gasteiger partial charge is 0.337 e. The summed E-state index contributed by atoms with van der Waals surface area (Å²) in [6.07, 6.45) is 1.49. The maximum atomic E-state index is 12.2. The molecule has 0 aliphatic carbocycles. The summed E-state index contributed by atoms with van der Waals surface area (Å²) in [5.74, 6) is 0.644. The molecule has 1 aromatic carbocycles. The molecule has 0 atom stereocenters. The zero-order valence-corrected chi connectivity index (χ0v) is 13.2. The van der Waals surface area contributed by atoms with E-state index >= 15 is 0 Å². The Morgan fingerprint density at radius 3 is 2.53 bits per heavy atom. The summed E-state index contributed by atoms with van der Waals surface area (Å²) in [5, 5.41) is 0.0178. The van der Waals surface area contributed by atoms with Crippen LogP contribution in [0.25, 0.3) is 0 Å². The first-order valence-electron chi connectivity index (χ1n) is 5.58. The Hall–Kier alpha value is -1.34. The van der Waals surface area contributed by atoms with Crippen molar-refractivity contribution in [3.8, 4) is 0 Å². The molecule has 1 aromatic heterocycles. The van der Waals surface area contributed by atoms with Gasteiger partial charge in [-0.2, -0.15) is 8.42 Å². The van der Waals surface area contributed by atoms with Crippen molar-refractivity contribution < 1.29 is 8.42 Å². The molecule has 0 fully saturated rings. The number of sulfonamides is 1. The van der Waals surface area contributed by atoms with E-state index in [-0.39, 0.29) is 5.03 Å². The number of anilines is 1. The lowest BCUT2D eigenvalue weighted by Crippen LogP contribution is -2.13. The van der Waals surface area contributed by atoms with Crippen molar-refractivity contribution in [2.24, 2.45) is 7.05 Å². The summed E-state index contributed by atoms with van der Waals surface area (Å²) < 4.78 is 29.3. The van der Waals surface area contributed by atoms with Crippen LogP contribution >= 0.6 is 15.9 Å². The molecule has 2 rings (SSSR count). The van der Waals surface area contributed by atoms with E-state index in [0.29, 0.717) is 11.5 Å². The number of aryl methyl sites for hydroxylation is 3. The normalized spacial score (nSPS) is 11.6. The fraction of sp³-hybridized carbons (Fsp3) is 0.250. The van der Waals surface area contributed by atoms with Crippen molar-refractivity contribution in [2.45, 2.75) is 18.9 Å². The molecule has 0 bridgehead atoms. The number of nitrogens with one attached hydrogen (secondary N) is 1. The van der Waals surface area contributed by atoms with Crippen LogP contribution in [0, 0.1) is 13.8 Å². The Kier molecular flexibility index (Phi) is 3.69. The molecule has 5 nitrogen and oxygen atoms in total.